The van der Waals surface area contributed by atoms with E-state index in [0.29, 0.717) is 48.3 Å². The fraction of sp³-hybridized carbons (Fsp3) is 0.516. The predicted molar refractivity (Wildman–Crippen MR) is 303 cm³/mol. The summed E-state index contributed by atoms with van der Waals surface area (Å²) in [7, 11) is 0. The Morgan fingerprint density at radius 2 is 0.544 bits per heavy atom. The molecule has 0 N–H and O–H groups in total. The summed E-state index contributed by atoms with van der Waals surface area (Å²) in [5.41, 5.74) is 11.9. The second-order valence-corrected chi connectivity index (χ2v) is 19.9. The Kier molecular flexibility index (Phi) is 20.2. The van der Waals surface area contributed by atoms with Gasteiger partial charge in [0.25, 0.3) is 0 Å². The number of allylic oxidation sites excluding steroid dienone is 4. The van der Waals surface area contributed by atoms with Gasteiger partial charge in [0, 0.05) is 132 Å². The highest BCUT2D eigenvalue weighted by Gasteiger charge is 2.28. The Labute approximate surface area is 415 Å². The summed E-state index contributed by atoms with van der Waals surface area (Å²) in [5.74, 6) is 0. The van der Waals surface area contributed by atoms with Crippen LogP contribution in [0.5, 0.6) is 0 Å². The molecule has 6 heteroatoms. The number of benzene rings is 4. The van der Waals surface area contributed by atoms with Crippen LogP contribution in [0.1, 0.15) is 162 Å². The van der Waals surface area contributed by atoms with Crippen molar-refractivity contribution in [2.24, 2.45) is 0 Å². The first-order valence-electron chi connectivity index (χ1n) is 27.0. The Hall–Kier alpha value is -5.10. The van der Waals surface area contributed by atoms with Gasteiger partial charge in [-0.1, -0.05) is 55.4 Å². The second kappa shape index (κ2) is 25.5. The molecule has 0 fully saturated rings. The fourth-order valence-electron chi connectivity index (χ4n) is 10.1. The van der Waals surface area contributed by atoms with Gasteiger partial charge in [-0.3, -0.25) is 0 Å². The summed E-state index contributed by atoms with van der Waals surface area (Å²) >= 11 is 0. The second-order valence-electron chi connectivity index (χ2n) is 19.9. The van der Waals surface area contributed by atoms with Crippen LogP contribution in [0.15, 0.2) is 121 Å². The van der Waals surface area contributed by atoms with Gasteiger partial charge in [-0.25, -0.2) is 4.58 Å². The highest BCUT2D eigenvalue weighted by atomic mass is 15.2. The number of rotatable bonds is 24. The minimum absolute atomic E-state index is 0.457. The maximum atomic E-state index is 2.60. The summed E-state index contributed by atoms with van der Waals surface area (Å²) < 4.78 is 5.03. The van der Waals surface area contributed by atoms with Gasteiger partial charge in [-0.05, 0) is 167 Å². The zero-order valence-electron chi connectivity index (χ0n) is 45.5. The van der Waals surface area contributed by atoms with E-state index in [2.05, 4.69) is 261 Å². The highest BCUT2D eigenvalue weighted by molar-refractivity contribution is 6.18. The lowest BCUT2D eigenvalue weighted by molar-refractivity contribution is -0.594. The smallest absolute Gasteiger partial charge is 0.212 e. The third kappa shape index (κ3) is 12.4. The molecular weight excluding hydrogens is 829 g/mol. The third-order valence-electron chi connectivity index (χ3n) is 15.5. The Morgan fingerprint density at radius 3 is 0.809 bits per heavy atom. The van der Waals surface area contributed by atoms with Gasteiger partial charge < -0.3 is 19.6 Å². The first kappa shape index (κ1) is 53.8. The quantitative estimate of drug-likeness (QED) is 0.0515. The number of nitrogens with zero attached hydrogens (tertiary/aromatic N) is 6. The Morgan fingerprint density at radius 1 is 0.309 bits per heavy atom. The molecule has 68 heavy (non-hydrogen) atoms. The molecule has 0 saturated heterocycles. The molecule has 0 aliphatic heterocycles. The van der Waals surface area contributed by atoms with Gasteiger partial charge in [0.2, 0.25) is 22.8 Å². The lowest BCUT2D eigenvalue weighted by Gasteiger charge is -2.37. The fourth-order valence-corrected chi connectivity index (χ4v) is 10.1. The van der Waals surface area contributed by atoms with E-state index in [4.69, 9.17) is 0 Å². The number of hydrogen-bond acceptors (Lipinski definition) is 4. The summed E-state index contributed by atoms with van der Waals surface area (Å²) in [5, 5.41) is 0. The molecule has 5 rings (SSSR count). The van der Waals surface area contributed by atoms with Gasteiger partial charge in [0.15, 0.2) is 12.1 Å². The largest absolute Gasteiger partial charge is 0.366 e. The average Bonchev–Trinajstić information content (AvgIpc) is 3.38. The van der Waals surface area contributed by atoms with Gasteiger partial charge in [-0.2, -0.15) is 4.58 Å². The monoisotopic (exact) mass is 921 g/mol. The molecule has 0 amide bonds. The molecule has 0 spiro atoms. The molecule has 368 valence electrons. The van der Waals surface area contributed by atoms with Crippen molar-refractivity contribution in [3.63, 3.8) is 0 Å². The van der Waals surface area contributed by atoms with E-state index in [0.717, 1.165) is 85.5 Å². The molecule has 4 aromatic rings. The maximum absolute atomic E-state index is 2.60. The van der Waals surface area contributed by atoms with Crippen LogP contribution < -0.4 is 24.2 Å². The van der Waals surface area contributed by atoms with Crippen molar-refractivity contribution in [2.75, 3.05) is 19.6 Å². The van der Waals surface area contributed by atoms with E-state index in [-0.39, 0.29) is 0 Å². The molecule has 1 aliphatic carbocycles. The van der Waals surface area contributed by atoms with E-state index in [1.54, 1.807) is 0 Å². The van der Waals surface area contributed by atoms with E-state index in [9.17, 15) is 0 Å². The molecule has 8 unspecified atom stereocenters. The highest BCUT2D eigenvalue weighted by Crippen LogP contribution is 2.39. The van der Waals surface area contributed by atoms with Gasteiger partial charge in [-0.15, -0.1) is 0 Å². The summed E-state index contributed by atoms with van der Waals surface area (Å²) in [6.45, 7) is 37.2. The summed E-state index contributed by atoms with van der Waals surface area (Å²) in [4.78, 5) is 10.2. The van der Waals surface area contributed by atoms with Crippen molar-refractivity contribution < 1.29 is 4.58 Å². The van der Waals surface area contributed by atoms with Crippen molar-refractivity contribution in [3.05, 3.63) is 121 Å². The van der Waals surface area contributed by atoms with Crippen LogP contribution in [0.25, 0.3) is 0 Å². The lowest BCUT2D eigenvalue weighted by atomic mass is 10.1. The molecule has 6 nitrogen and oxygen atoms in total. The maximum Gasteiger partial charge on any atom is 0.212 e. The van der Waals surface area contributed by atoms with Crippen LogP contribution >= 0.6 is 0 Å². The molecule has 0 bridgehead atoms. The number of anilines is 6. The van der Waals surface area contributed by atoms with E-state index in [1.165, 1.54) is 22.8 Å². The van der Waals surface area contributed by atoms with Crippen LogP contribution in [-0.2, 0) is 0 Å². The van der Waals surface area contributed by atoms with Crippen molar-refractivity contribution >= 4 is 56.9 Å². The minimum atomic E-state index is 0.457. The van der Waals surface area contributed by atoms with Gasteiger partial charge >= 0.3 is 0 Å². The molecule has 0 heterocycles. The molecule has 4 aromatic carbocycles. The zero-order chi connectivity index (χ0) is 49.7. The van der Waals surface area contributed by atoms with E-state index < -0.39 is 0 Å². The van der Waals surface area contributed by atoms with Gasteiger partial charge in [0.1, 0.15) is 0 Å². The van der Waals surface area contributed by atoms with E-state index in [1.807, 2.05) is 0 Å². The number of hydrogen-bond donors (Lipinski definition) is 0. The van der Waals surface area contributed by atoms with Crippen molar-refractivity contribution in [1.82, 2.24) is 4.58 Å². The standard InChI is InChI=1S/C62H92N6/c1-17-45(9)63(46(10)18-2)53-25-33-57(34-26-53)67(58-35-27-54(28-36-58)64(47(11)19-3)48(12)20-4)61-41-43-62(44-42-61)68(59-37-29-55(30-38-59)65(49(13)21-5)50(14)22-6)60-39-31-56(32-40-60)66(51(15)23-7)52(16)24-8/h25-52H,17-24H2,1-16H3/q+2. The van der Waals surface area contributed by atoms with Crippen molar-refractivity contribution in [3.8, 4) is 0 Å². The SMILES string of the molecule is CCC(C)N(c1ccc(N(c2ccc(N(C(C)CC)C(C)CC)cc2)c2ccc([N+](=C3C=CC(=[N+](C(C)CC)C(C)CC)C=C3)c3ccc(N(C(C)CC)C(C)CC)cc3)cc2)cc1)C(C)CC. The molecule has 1 aliphatic rings. The summed E-state index contributed by atoms with van der Waals surface area (Å²) in [6.07, 6.45) is 18.2. The van der Waals surface area contributed by atoms with Crippen LogP contribution in [0.4, 0.5) is 45.5 Å². The molecule has 0 aromatic heterocycles. The predicted octanol–water partition coefficient (Wildman–Crippen LogP) is 16.8. The summed E-state index contributed by atoms with van der Waals surface area (Å²) in [6, 6.07) is 40.8. The van der Waals surface area contributed by atoms with Gasteiger partial charge in [0.05, 0.1) is 0 Å². The van der Waals surface area contributed by atoms with Crippen LogP contribution in [0.3, 0.4) is 0 Å². The first-order valence-corrected chi connectivity index (χ1v) is 27.0. The molecular formula is C62H92N6+2. The first-order chi connectivity index (χ1) is 32.7. The van der Waals surface area contributed by atoms with Crippen LogP contribution in [0.2, 0.25) is 0 Å². The van der Waals surface area contributed by atoms with Crippen molar-refractivity contribution in [2.45, 2.75) is 210 Å². The molecule has 0 saturated carbocycles. The Bertz CT molecular complexity index is 2140. The van der Waals surface area contributed by atoms with Crippen LogP contribution in [-0.4, -0.2) is 64.3 Å². The van der Waals surface area contributed by atoms with Crippen molar-refractivity contribution in [1.29, 1.82) is 0 Å². The Balaban J connectivity index is 1.68. The van der Waals surface area contributed by atoms with Crippen LogP contribution in [0, 0.1) is 0 Å². The van der Waals surface area contributed by atoms with E-state index >= 15 is 0 Å². The molecule has 0 radical (unpaired) electrons. The molecule has 8 atom stereocenters. The lowest BCUT2D eigenvalue weighted by Crippen LogP contribution is -2.39. The topological polar surface area (TPSA) is 19.0 Å². The normalized spacial score (nSPS) is 16.1. The minimum Gasteiger partial charge on any atom is -0.366 e. The third-order valence-corrected chi connectivity index (χ3v) is 15.5. The zero-order valence-corrected chi connectivity index (χ0v) is 45.5. The average molecular weight is 921 g/mol.